The fraction of sp³-hybridized carbons (Fsp3) is 0.250. The molecule has 6 nitrogen and oxygen atoms in total. The van der Waals surface area contributed by atoms with Gasteiger partial charge in [0, 0.05) is 19.0 Å². The van der Waals surface area contributed by atoms with Crippen molar-refractivity contribution < 1.29 is 4.79 Å². The Labute approximate surface area is 89.7 Å². The Morgan fingerprint density at radius 2 is 2.47 bits per heavy atom. The number of ketones is 1. The van der Waals surface area contributed by atoms with Crippen molar-refractivity contribution in [3.8, 4) is 0 Å². The quantitative estimate of drug-likeness (QED) is 0.738. The zero-order chi connectivity index (χ0) is 10.8. The van der Waals surface area contributed by atoms with Crippen LogP contribution in [0.25, 0.3) is 0 Å². The van der Waals surface area contributed by atoms with Crippen molar-refractivity contribution in [3.63, 3.8) is 0 Å². The molecule has 2 rings (SSSR count). The Kier molecular flexibility index (Phi) is 2.57. The molecule has 2 N–H and O–H groups in total. The Hall–Kier alpha value is -1.60. The van der Waals surface area contributed by atoms with Gasteiger partial charge in [-0.25, -0.2) is 9.67 Å². The zero-order valence-corrected chi connectivity index (χ0v) is 8.86. The summed E-state index contributed by atoms with van der Waals surface area (Å²) in [7, 11) is 1.66. The number of carbonyl (C=O) groups is 1. The maximum atomic E-state index is 11.9. The van der Waals surface area contributed by atoms with Crippen molar-refractivity contribution in [1.29, 1.82) is 0 Å². The van der Waals surface area contributed by atoms with Crippen LogP contribution in [0.3, 0.4) is 0 Å². The van der Waals surface area contributed by atoms with Gasteiger partial charge in [-0.1, -0.05) is 5.21 Å². The van der Waals surface area contributed by atoms with Gasteiger partial charge in [0.05, 0.1) is 6.20 Å². The molecular formula is C8H9N5OS. The zero-order valence-electron chi connectivity index (χ0n) is 8.04. The number of carbonyl (C=O) groups excluding carboxylic acids is 1. The lowest BCUT2D eigenvalue weighted by molar-refractivity contribution is 0.102. The molecule has 0 radical (unpaired) electrons. The average Bonchev–Trinajstić information content (AvgIpc) is 2.84. The molecule has 0 aromatic carbocycles. The van der Waals surface area contributed by atoms with E-state index in [1.807, 2.05) is 0 Å². The molecule has 0 atom stereocenters. The fourth-order valence-corrected chi connectivity index (χ4v) is 1.79. The molecule has 0 fully saturated rings. The monoisotopic (exact) mass is 223 g/mol. The minimum atomic E-state index is -0.182. The van der Waals surface area contributed by atoms with E-state index in [-0.39, 0.29) is 5.78 Å². The van der Waals surface area contributed by atoms with Crippen molar-refractivity contribution in [3.05, 3.63) is 28.0 Å². The van der Waals surface area contributed by atoms with E-state index in [4.69, 9.17) is 5.73 Å². The summed E-state index contributed by atoms with van der Waals surface area (Å²) in [5, 5.41) is 9.76. The second-order valence-electron chi connectivity index (χ2n) is 2.90. The van der Waals surface area contributed by atoms with Crippen LogP contribution in [0.4, 0.5) is 0 Å². The van der Waals surface area contributed by atoms with E-state index in [0.717, 1.165) is 5.01 Å². The number of aromatic nitrogens is 4. The van der Waals surface area contributed by atoms with E-state index >= 15 is 0 Å². The van der Waals surface area contributed by atoms with Crippen LogP contribution in [0.5, 0.6) is 0 Å². The minimum absolute atomic E-state index is 0.182. The molecule has 2 aromatic heterocycles. The molecule has 0 saturated heterocycles. The molecule has 0 saturated carbocycles. The average molecular weight is 223 g/mol. The van der Waals surface area contributed by atoms with Crippen molar-refractivity contribution in [2.24, 2.45) is 12.8 Å². The highest BCUT2D eigenvalue weighted by molar-refractivity contribution is 7.09. The van der Waals surface area contributed by atoms with Gasteiger partial charge in [0.25, 0.3) is 0 Å². The number of hydrogen-bond donors (Lipinski definition) is 1. The van der Waals surface area contributed by atoms with Crippen LogP contribution in [0, 0.1) is 0 Å². The molecule has 0 aliphatic carbocycles. The molecule has 0 amide bonds. The Morgan fingerprint density at radius 1 is 1.67 bits per heavy atom. The van der Waals surface area contributed by atoms with Gasteiger partial charge in [0.15, 0.2) is 0 Å². The van der Waals surface area contributed by atoms with Crippen molar-refractivity contribution in [1.82, 2.24) is 20.0 Å². The minimum Gasteiger partial charge on any atom is -0.325 e. The number of hydrogen-bond acceptors (Lipinski definition) is 6. The summed E-state index contributed by atoms with van der Waals surface area (Å²) in [4.78, 5) is 16.0. The highest BCUT2D eigenvalue weighted by Gasteiger charge is 2.16. The van der Waals surface area contributed by atoms with Crippen LogP contribution in [0.1, 0.15) is 21.2 Å². The summed E-state index contributed by atoms with van der Waals surface area (Å²) in [5.74, 6) is -0.182. The first-order valence-electron chi connectivity index (χ1n) is 4.26. The molecule has 2 heterocycles. The van der Waals surface area contributed by atoms with Gasteiger partial charge in [0.1, 0.15) is 16.4 Å². The number of nitrogens with zero attached hydrogens (tertiary/aromatic N) is 4. The molecule has 0 aliphatic rings. The molecule has 0 spiro atoms. The van der Waals surface area contributed by atoms with Crippen LogP contribution in [0.2, 0.25) is 0 Å². The van der Waals surface area contributed by atoms with Crippen LogP contribution in [-0.2, 0) is 13.6 Å². The summed E-state index contributed by atoms with van der Waals surface area (Å²) in [6, 6.07) is 0. The molecule has 15 heavy (non-hydrogen) atoms. The third kappa shape index (κ3) is 1.79. The van der Waals surface area contributed by atoms with Crippen LogP contribution >= 0.6 is 11.3 Å². The normalized spacial score (nSPS) is 10.5. The molecule has 0 aliphatic heterocycles. The van der Waals surface area contributed by atoms with Crippen molar-refractivity contribution >= 4 is 17.1 Å². The summed E-state index contributed by atoms with van der Waals surface area (Å²) in [6.45, 7) is 0.349. The number of rotatable bonds is 3. The smallest absolute Gasteiger partial charge is 0.231 e. The maximum absolute atomic E-state index is 11.9. The second-order valence-corrected chi connectivity index (χ2v) is 3.85. The van der Waals surface area contributed by atoms with Gasteiger partial charge in [-0.05, 0) is 0 Å². The van der Waals surface area contributed by atoms with E-state index < -0.39 is 0 Å². The van der Waals surface area contributed by atoms with Crippen LogP contribution in [0.15, 0.2) is 11.6 Å². The number of aryl methyl sites for hydroxylation is 1. The van der Waals surface area contributed by atoms with E-state index in [1.54, 1.807) is 12.4 Å². The van der Waals surface area contributed by atoms with E-state index in [0.29, 0.717) is 17.9 Å². The predicted molar refractivity (Wildman–Crippen MR) is 54.4 cm³/mol. The Bertz CT molecular complexity index is 489. The van der Waals surface area contributed by atoms with Gasteiger partial charge in [-0.2, -0.15) is 0 Å². The lowest BCUT2D eigenvalue weighted by Crippen LogP contribution is -2.09. The Morgan fingerprint density at radius 3 is 3.00 bits per heavy atom. The topological polar surface area (TPSA) is 86.7 Å². The van der Waals surface area contributed by atoms with Crippen molar-refractivity contribution in [2.45, 2.75) is 6.54 Å². The largest absolute Gasteiger partial charge is 0.325 e. The van der Waals surface area contributed by atoms with Crippen LogP contribution < -0.4 is 5.73 Å². The summed E-state index contributed by atoms with van der Waals surface area (Å²) in [5.41, 5.74) is 6.23. The van der Waals surface area contributed by atoms with Gasteiger partial charge >= 0.3 is 0 Å². The van der Waals surface area contributed by atoms with Crippen molar-refractivity contribution in [2.75, 3.05) is 0 Å². The molecule has 0 bridgehead atoms. The van der Waals surface area contributed by atoms with Gasteiger partial charge in [0.2, 0.25) is 5.78 Å². The lowest BCUT2D eigenvalue weighted by atomic mass is 10.2. The SMILES string of the molecule is Cn1nncc1C(=O)c1csc(CN)n1. The summed E-state index contributed by atoms with van der Waals surface area (Å²) in [6.07, 6.45) is 1.42. The second kappa shape index (κ2) is 3.87. The molecule has 0 unspecified atom stereocenters. The first-order chi connectivity index (χ1) is 7.22. The number of thiazole rings is 1. The van der Waals surface area contributed by atoms with Gasteiger partial charge < -0.3 is 5.73 Å². The third-order valence-corrected chi connectivity index (χ3v) is 2.78. The molecule has 2 aromatic rings. The summed E-state index contributed by atoms with van der Waals surface area (Å²) < 4.78 is 1.42. The maximum Gasteiger partial charge on any atom is 0.231 e. The highest BCUT2D eigenvalue weighted by atomic mass is 32.1. The van der Waals surface area contributed by atoms with Gasteiger partial charge in [-0.15, -0.1) is 16.4 Å². The third-order valence-electron chi connectivity index (χ3n) is 1.91. The van der Waals surface area contributed by atoms with Gasteiger partial charge in [-0.3, -0.25) is 4.79 Å². The first kappa shape index (κ1) is 9.94. The summed E-state index contributed by atoms with van der Waals surface area (Å²) >= 11 is 1.37. The van der Waals surface area contributed by atoms with E-state index in [9.17, 15) is 4.79 Å². The fourth-order valence-electron chi connectivity index (χ4n) is 1.14. The standard InChI is InChI=1S/C8H9N5OS/c1-13-6(3-10-12-13)8(14)5-4-15-7(2-9)11-5/h3-4H,2,9H2,1H3. The number of nitrogens with two attached hydrogens (primary N) is 1. The molecule has 78 valence electrons. The Balaban J connectivity index is 2.32. The van der Waals surface area contributed by atoms with E-state index in [2.05, 4.69) is 15.3 Å². The first-order valence-corrected chi connectivity index (χ1v) is 5.14. The van der Waals surface area contributed by atoms with Crippen LogP contribution in [-0.4, -0.2) is 25.8 Å². The van der Waals surface area contributed by atoms with E-state index in [1.165, 1.54) is 22.2 Å². The molecular weight excluding hydrogens is 214 g/mol. The molecule has 7 heteroatoms. The predicted octanol–water partition coefficient (Wildman–Crippen LogP) is -0.0387. The highest BCUT2D eigenvalue weighted by Crippen LogP contribution is 2.12. The lowest BCUT2D eigenvalue weighted by Gasteiger charge is -1.95.